The predicted molar refractivity (Wildman–Crippen MR) is 155 cm³/mol. The highest BCUT2D eigenvalue weighted by Gasteiger charge is 2.52. The molecular weight excluding hydrogens is 591 g/mol. The number of carbonyl (C=O) groups is 2. The number of aliphatic hydroxyl groups excluding tert-OH is 1. The molecule has 2 aliphatic heterocycles. The maximum absolute atomic E-state index is 13.7. The third-order valence-corrected chi connectivity index (χ3v) is 8.35. The molecule has 196 valence electrons. The normalized spacial score (nSPS) is 21.5. The van der Waals surface area contributed by atoms with E-state index in [0.717, 1.165) is 20.3 Å². The highest BCUT2D eigenvalue weighted by molar-refractivity contribution is 14.1. The van der Waals surface area contributed by atoms with Gasteiger partial charge in [0, 0.05) is 28.0 Å². The highest BCUT2D eigenvalue weighted by Crippen LogP contribution is 2.46. The van der Waals surface area contributed by atoms with E-state index in [1.165, 1.54) is 0 Å². The zero-order valence-electron chi connectivity index (χ0n) is 21.3. The molecule has 0 radical (unpaired) electrons. The van der Waals surface area contributed by atoms with Gasteiger partial charge in [0.05, 0.1) is 24.9 Å². The van der Waals surface area contributed by atoms with Crippen molar-refractivity contribution in [1.82, 2.24) is 4.90 Å². The largest absolute Gasteiger partial charge is 0.394 e. The minimum atomic E-state index is -1.73. The molecule has 3 atom stereocenters. The van der Waals surface area contributed by atoms with Gasteiger partial charge in [-0.3, -0.25) is 9.59 Å². The second-order valence-electron chi connectivity index (χ2n) is 10.1. The number of hydrogen-bond acceptors (Lipinski definition) is 4. The van der Waals surface area contributed by atoms with Crippen LogP contribution in [0.1, 0.15) is 35.6 Å². The van der Waals surface area contributed by atoms with Crippen molar-refractivity contribution in [2.75, 3.05) is 11.5 Å². The standard InChI is InChI=1S/C31H31IN2O4/c1-21(8-7-13-29(36)33-19-24-12-6-5-11-23(24)16-26(33)20-35)31(38)27-17-25(32)14-15-28(27)34(30(31)37)18-22-9-3-2-4-10-22/h2-12,14-15,17,21,26,35,38H,13,16,18-20H2,1H3/b8-7+/t21-,26-,31+/m0/s1. The van der Waals surface area contributed by atoms with E-state index in [9.17, 15) is 19.8 Å². The summed E-state index contributed by atoms with van der Waals surface area (Å²) in [6, 6.07) is 23.1. The second-order valence-corrected chi connectivity index (χ2v) is 11.3. The van der Waals surface area contributed by atoms with E-state index < -0.39 is 11.5 Å². The van der Waals surface area contributed by atoms with E-state index in [4.69, 9.17) is 0 Å². The lowest BCUT2D eigenvalue weighted by molar-refractivity contribution is -0.139. The molecule has 2 aliphatic rings. The Balaban J connectivity index is 1.34. The smallest absolute Gasteiger partial charge is 0.264 e. The van der Waals surface area contributed by atoms with Gasteiger partial charge in [0.2, 0.25) is 5.91 Å². The molecule has 0 bridgehead atoms. The Hall–Kier alpha value is -3.01. The number of rotatable bonds is 7. The number of carbonyl (C=O) groups excluding carboxylic acids is 2. The van der Waals surface area contributed by atoms with Crippen LogP contribution in [0.25, 0.3) is 0 Å². The molecule has 0 aromatic heterocycles. The van der Waals surface area contributed by atoms with Crippen LogP contribution < -0.4 is 4.90 Å². The van der Waals surface area contributed by atoms with E-state index >= 15 is 0 Å². The number of amides is 2. The van der Waals surface area contributed by atoms with Gasteiger partial charge in [-0.25, -0.2) is 0 Å². The molecule has 0 saturated carbocycles. The summed E-state index contributed by atoms with van der Waals surface area (Å²) in [4.78, 5) is 30.2. The number of anilines is 1. The first kappa shape index (κ1) is 26.6. The summed E-state index contributed by atoms with van der Waals surface area (Å²) >= 11 is 2.19. The number of aliphatic hydroxyl groups is 2. The third-order valence-electron chi connectivity index (χ3n) is 7.68. The summed E-state index contributed by atoms with van der Waals surface area (Å²) in [6.45, 7) is 2.54. The lowest BCUT2D eigenvalue weighted by atomic mass is 9.83. The van der Waals surface area contributed by atoms with Gasteiger partial charge in [0.25, 0.3) is 5.91 Å². The van der Waals surface area contributed by atoms with E-state index in [2.05, 4.69) is 22.6 Å². The number of fused-ring (bicyclic) bond motifs is 2. The zero-order chi connectivity index (χ0) is 26.9. The summed E-state index contributed by atoms with van der Waals surface area (Å²) in [7, 11) is 0. The third kappa shape index (κ3) is 4.90. The van der Waals surface area contributed by atoms with Gasteiger partial charge in [-0.15, -0.1) is 0 Å². The molecule has 0 fully saturated rings. The summed E-state index contributed by atoms with van der Waals surface area (Å²) in [5, 5.41) is 21.8. The van der Waals surface area contributed by atoms with Crippen molar-refractivity contribution in [3.63, 3.8) is 0 Å². The first-order valence-corrected chi connectivity index (χ1v) is 13.9. The Kier molecular flexibility index (Phi) is 7.70. The second kappa shape index (κ2) is 11.0. The van der Waals surface area contributed by atoms with Gasteiger partial charge in [0.1, 0.15) is 0 Å². The van der Waals surface area contributed by atoms with Crippen molar-refractivity contribution in [2.24, 2.45) is 5.92 Å². The molecule has 2 amide bonds. The fourth-order valence-electron chi connectivity index (χ4n) is 5.51. The average Bonchev–Trinajstić information content (AvgIpc) is 3.14. The van der Waals surface area contributed by atoms with Gasteiger partial charge >= 0.3 is 0 Å². The first-order valence-electron chi connectivity index (χ1n) is 12.8. The van der Waals surface area contributed by atoms with Crippen molar-refractivity contribution in [3.8, 4) is 0 Å². The average molecular weight is 623 g/mol. The van der Waals surface area contributed by atoms with Crippen LogP contribution in [0.3, 0.4) is 0 Å². The Labute approximate surface area is 236 Å². The molecule has 7 heteroatoms. The SMILES string of the molecule is C[C@@H](/C=C/CC(=O)N1Cc2ccccc2C[C@H]1CO)[C@]1(O)C(=O)N(Cc2ccccc2)c2ccc(I)cc21. The van der Waals surface area contributed by atoms with E-state index in [-0.39, 0.29) is 30.9 Å². The quantitative estimate of drug-likeness (QED) is 0.300. The van der Waals surface area contributed by atoms with Crippen LogP contribution in [0, 0.1) is 9.49 Å². The molecule has 38 heavy (non-hydrogen) atoms. The first-order chi connectivity index (χ1) is 18.3. The lowest BCUT2D eigenvalue weighted by Crippen LogP contribution is -2.46. The highest BCUT2D eigenvalue weighted by atomic mass is 127. The van der Waals surface area contributed by atoms with Crippen molar-refractivity contribution >= 4 is 40.1 Å². The molecule has 5 rings (SSSR count). The van der Waals surface area contributed by atoms with Gasteiger partial charge in [-0.1, -0.05) is 73.7 Å². The molecule has 0 unspecified atom stereocenters. The molecule has 3 aromatic carbocycles. The molecule has 0 saturated heterocycles. The van der Waals surface area contributed by atoms with Gasteiger partial charge in [-0.2, -0.15) is 0 Å². The molecule has 2 heterocycles. The van der Waals surface area contributed by atoms with E-state index in [0.29, 0.717) is 30.8 Å². The topological polar surface area (TPSA) is 81.1 Å². The van der Waals surface area contributed by atoms with Crippen molar-refractivity contribution in [3.05, 3.63) is 111 Å². The molecule has 3 aromatic rings. The van der Waals surface area contributed by atoms with Gasteiger partial charge < -0.3 is 20.0 Å². The van der Waals surface area contributed by atoms with Crippen molar-refractivity contribution in [2.45, 2.75) is 44.5 Å². The Bertz CT molecular complexity index is 1380. The summed E-state index contributed by atoms with van der Waals surface area (Å²) in [5.41, 5.74) is 2.79. The maximum Gasteiger partial charge on any atom is 0.264 e. The number of benzene rings is 3. The van der Waals surface area contributed by atoms with Crippen LogP contribution >= 0.6 is 22.6 Å². The maximum atomic E-state index is 13.7. The van der Waals surface area contributed by atoms with Crippen molar-refractivity contribution in [1.29, 1.82) is 0 Å². The minimum Gasteiger partial charge on any atom is -0.394 e. The molecule has 6 nitrogen and oxygen atoms in total. The van der Waals surface area contributed by atoms with Crippen LogP contribution in [0.2, 0.25) is 0 Å². The van der Waals surface area contributed by atoms with Crippen LogP contribution in [0.5, 0.6) is 0 Å². The molecular formula is C31H31IN2O4. The van der Waals surface area contributed by atoms with E-state index in [1.807, 2.05) is 79.7 Å². The molecule has 2 N–H and O–H groups in total. The predicted octanol–water partition coefficient (Wildman–Crippen LogP) is 4.55. The van der Waals surface area contributed by atoms with Gasteiger partial charge in [-0.05, 0) is 63.9 Å². The van der Waals surface area contributed by atoms with Crippen LogP contribution in [-0.2, 0) is 34.7 Å². The summed E-state index contributed by atoms with van der Waals surface area (Å²) in [5.74, 6) is -1.02. The van der Waals surface area contributed by atoms with Crippen LogP contribution in [0.4, 0.5) is 5.69 Å². The fraction of sp³-hybridized carbons (Fsp3) is 0.290. The summed E-state index contributed by atoms with van der Waals surface area (Å²) in [6.07, 6.45) is 4.25. The number of nitrogens with zero attached hydrogens (tertiary/aromatic N) is 2. The van der Waals surface area contributed by atoms with Crippen LogP contribution in [0.15, 0.2) is 84.9 Å². The summed E-state index contributed by atoms with van der Waals surface area (Å²) < 4.78 is 0.931. The molecule has 0 aliphatic carbocycles. The number of halogens is 1. The zero-order valence-corrected chi connectivity index (χ0v) is 23.4. The minimum absolute atomic E-state index is 0.0904. The molecule has 0 spiro atoms. The monoisotopic (exact) mass is 622 g/mol. The van der Waals surface area contributed by atoms with Crippen molar-refractivity contribution < 1.29 is 19.8 Å². The lowest BCUT2D eigenvalue weighted by Gasteiger charge is -2.36. The Morgan fingerprint density at radius 3 is 2.55 bits per heavy atom. The van der Waals surface area contributed by atoms with Crippen LogP contribution in [-0.4, -0.2) is 39.6 Å². The Morgan fingerprint density at radius 2 is 1.82 bits per heavy atom. The van der Waals surface area contributed by atoms with Gasteiger partial charge in [0.15, 0.2) is 5.60 Å². The number of hydrogen-bond donors (Lipinski definition) is 2. The van der Waals surface area contributed by atoms with E-state index in [1.54, 1.807) is 22.0 Å². The fourth-order valence-corrected chi connectivity index (χ4v) is 6.01. The Morgan fingerprint density at radius 1 is 1.11 bits per heavy atom.